The molecular weight excluding hydrogens is 313 g/mol. The first-order valence-corrected chi connectivity index (χ1v) is 7.37. The Morgan fingerprint density at radius 3 is 2.78 bits per heavy atom. The Morgan fingerprint density at radius 1 is 1.35 bits per heavy atom. The highest BCUT2D eigenvalue weighted by Crippen LogP contribution is 2.25. The van der Waals surface area contributed by atoms with Gasteiger partial charge < -0.3 is 20.5 Å². The number of hydrogen-bond donors (Lipinski definition) is 3. The highest BCUT2D eigenvalue weighted by molar-refractivity contribution is 5.73. The third kappa shape index (κ3) is 5.31. The van der Waals surface area contributed by atoms with Crippen molar-refractivity contribution in [2.45, 2.75) is 38.5 Å². The molecule has 0 aliphatic heterocycles. The lowest BCUT2D eigenvalue weighted by atomic mass is 10.1. The van der Waals surface area contributed by atoms with E-state index in [1.54, 1.807) is 0 Å². The summed E-state index contributed by atoms with van der Waals surface area (Å²) in [4.78, 5) is 11.7. The number of amides is 2. The van der Waals surface area contributed by atoms with E-state index in [0.29, 0.717) is 13.0 Å². The summed E-state index contributed by atoms with van der Waals surface area (Å²) in [5, 5.41) is 14.4. The fourth-order valence-corrected chi connectivity index (χ4v) is 2.62. The third-order valence-electron chi connectivity index (χ3n) is 3.78. The van der Waals surface area contributed by atoms with Gasteiger partial charge in [0, 0.05) is 12.1 Å². The van der Waals surface area contributed by atoms with E-state index >= 15 is 0 Å². The average Bonchev–Trinajstić information content (AvgIpc) is 2.89. The van der Waals surface area contributed by atoms with Gasteiger partial charge in [0.25, 0.3) is 0 Å². The Kier molecular flexibility index (Phi) is 6.09. The number of carbonyl (C=O) groups is 1. The van der Waals surface area contributed by atoms with Crippen LogP contribution in [0.25, 0.3) is 0 Å². The molecule has 128 valence electrons. The van der Waals surface area contributed by atoms with Crippen molar-refractivity contribution in [2.75, 3.05) is 6.54 Å². The molecule has 0 spiro atoms. The number of alkyl halides is 2. The normalized spacial score (nSPS) is 20.6. The van der Waals surface area contributed by atoms with Gasteiger partial charge in [-0.3, -0.25) is 0 Å². The summed E-state index contributed by atoms with van der Waals surface area (Å²) in [6.07, 6.45) is 1.87. The van der Waals surface area contributed by atoms with E-state index in [-0.39, 0.29) is 29.9 Å². The molecule has 0 saturated heterocycles. The van der Waals surface area contributed by atoms with Crippen LogP contribution in [0.5, 0.6) is 5.75 Å². The van der Waals surface area contributed by atoms with Crippen LogP contribution in [0.2, 0.25) is 0 Å². The molecule has 1 aromatic carbocycles. The lowest BCUT2D eigenvalue weighted by Gasteiger charge is -2.14. The molecule has 23 heavy (non-hydrogen) atoms. The van der Waals surface area contributed by atoms with Crippen LogP contribution in [0.4, 0.5) is 18.0 Å². The van der Waals surface area contributed by atoms with Gasteiger partial charge in [0.05, 0.1) is 12.6 Å². The second-order valence-electron chi connectivity index (χ2n) is 5.49. The predicted molar refractivity (Wildman–Crippen MR) is 76.6 cm³/mol. The Balaban J connectivity index is 1.84. The summed E-state index contributed by atoms with van der Waals surface area (Å²) in [5.74, 6) is -0.830. The summed E-state index contributed by atoms with van der Waals surface area (Å²) >= 11 is 0. The van der Waals surface area contributed by atoms with Crippen LogP contribution in [0.1, 0.15) is 24.8 Å². The van der Waals surface area contributed by atoms with E-state index in [4.69, 9.17) is 0 Å². The maximum Gasteiger partial charge on any atom is 0.387 e. The molecule has 3 N–H and O–H groups in total. The second kappa shape index (κ2) is 8.05. The van der Waals surface area contributed by atoms with E-state index in [2.05, 4.69) is 15.4 Å². The Hall–Kier alpha value is -1.96. The van der Waals surface area contributed by atoms with Gasteiger partial charge in [-0.25, -0.2) is 9.18 Å². The maximum atomic E-state index is 13.7. The molecule has 1 aliphatic carbocycles. The Labute approximate surface area is 131 Å². The molecule has 2 rings (SSSR count). The van der Waals surface area contributed by atoms with Gasteiger partial charge in [-0.15, -0.1) is 0 Å². The number of halogens is 3. The highest BCUT2D eigenvalue weighted by atomic mass is 19.3. The smallest absolute Gasteiger partial charge is 0.387 e. The first-order valence-electron chi connectivity index (χ1n) is 7.37. The minimum Gasteiger partial charge on any atom is -0.434 e. The lowest BCUT2D eigenvalue weighted by molar-refractivity contribution is -0.0506. The number of benzene rings is 1. The number of aliphatic hydroxyl groups excluding tert-OH is 1. The van der Waals surface area contributed by atoms with Crippen LogP contribution in [0.15, 0.2) is 18.2 Å². The largest absolute Gasteiger partial charge is 0.434 e. The molecule has 1 aromatic rings. The highest BCUT2D eigenvalue weighted by Gasteiger charge is 2.23. The molecule has 0 unspecified atom stereocenters. The van der Waals surface area contributed by atoms with Crippen molar-refractivity contribution in [2.24, 2.45) is 5.92 Å². The van der Waals surface area contributed by atoms with Gasteiger partial charge in [-0.1, -0.05) is 6.07 Å². The standard InChI is InChI=1S/C15H19F3N2O3/c16-12-2-1-3-13(23-14(17)18)11(12)8-20-15(22)19-7-9-4-5-10(21)6-9/h1-3,9-10,14,21H,4-8H2,(H2,19,20,22)/t9-,10+/m0/s1. The zero-order valence-corrected chi connectivity index (χ0v) is 12.4. The average molecular weight is 332 g/mol. The molecule has 2 atom stereocenters. The van der Waals surface area contributed by atoms with Gasteiger partial charge in [-0.05, 0) is 37.3 Å². The monoisotopic (exact) mass is 332 g/mol. The fraction of sp³-hybridized carbons (Fsp3) is 0.533. The van der Waals surface area contributed by atoms with Gasteiger partial charge in [-0.2, -0.15) is 8.78 Å². The number of aliphatic hydroxyl groups is 1. The van der Waals surface area contributed by atoms with Gasteiger partial charge in [0.2, 0.25) is 0 Å². The molecule has 1 fully saturated rings. The lowest BCUT2D eigenvalue weighted by Crippen LogP contribution is -2.37. The number of rotatable bonds is 6. The van der Waals surface area contributed by atoms with Gasteiger partial charge in [0.1, 0.15) is 11.6 Å². The summed E-state index contributed by atoms with van der Waals surface area (Å²) < 4.78 is 42.5. The first-order chi connectivity index (χ1) is 11.0. The van der Waals surface area contributed by atoms with Crippen molar-refractivity contribution in [1.29, 1.82) is 0 Å². The van der Waals surface area contributed by atoms with E-state index in [9.17, 15) is 23.1 Å². The summed E-state index contributed by atoms with van der Waals surface area (Å²) in [6, 6.07) is 3.04. The zero-order valence-electron chi connectivity index (χ0n) is 12.4. The van der Waals surface area contributed by atoms with Crippen molar-refractivity contribution < 1.29 is 27.8 Å². The number of urea groups is 1. The molecule has 0 bridgehead atoms. The molecule has 2 amide bonds. The minimum atomic E-state index is -3.07. The molecule has 0 radical (unpaired) electrons. The topological polar surface area (TPSA) is 70.6 Å². The van der Waals surface area contributed by atoms with E-state index in [1.807, 2.05) is 0 Å². The predicted octanol–water partition coefficient (Wildman–Crippen LogP) is 2.39. The van der Waals surface area contributed by atoms with E-state index in [0.717, 1.165) is 18.9 Å². The van der Waals surface area contributed by atoms with Crippen LogP contribution in [-0.2, 0) is 6.54 Å². The van der Waals surface area contributed by atoms with Crippen LogP contribution in [0, 0.1) is 11.7 Å². The molecule has 1 aliphatic rings. The van der Waals surface area contributed by atoms with Crippen molar-refractivity contribution in [3.63, 3.8) is 0 Å². The number of nitrogens with one attached hydrogen (secondary N) is 2. The SMILES string of the molecule is O=C(NCc1c(F)cccc1OC(F)F)NC[C@H]1CC[C@@H](O)C1. The number of hydrogen-bond acceptors (Lipinski definition) is 3. The quantitative estimate of drug-likeness (QED) is 0.749. The van der Waals surface area contributed by atoms with E-state index in [1.165, 1.54) is 12.1 Å². The van der Waals surface area contributed by atoms with Crippen molar-refractivity contribution in [3.8, 4) is 5.75 Å². The summed E-state index contributed by atoms with van der Waals surface area (Å²) in [7, 11) is 0. The molecule has 8 heteroatoms. The Morgan fingerprint density at radius 2 is 2.13 bits per heavy atom. The third-order valence-corrected chi connectivity index (χ3v) is 3.78. The Bertz CT molecular complexity index is 543. The van der Waals surface area contributed by atoms with Crippen molar-refractivity contribution in [1.82, 2.24) is 10.6 Å². The maximum absolute atomic E-state index is 13.7. The number of ether oxygens (including phenoxy) is 1. The number of carbonyl (C=O) groups excluding carboxylic acids is 1. The molecule has 5 nitrogen and oxygen atoms in total. The minimum absolute atomic E-state index is 0.140. The van der Waals surface area contributed by atoms with Crippen LogP contribution in [0.3, 0.4) is 0 Å². The molecular formula is C15H19F3N2O3. The second-order valence-corrected chi connectivity index (χ2v) is 5.49. The van der Waals surface area contributed by atoms with Crippen LogP contribution >= 0.6 is 0 Å². The van der Waals surface area contributed by atoms with Crippen molar-refractivity contribution >= 4 is 6.03 Å². The fourth-order valence-electron chi connectivity index (χ4n) is 2.62. The zero-order chi connectivity index (χ0) is 16.8. The van der Waals surface area contributed by atoms with Crippen LogP contribution < -0.4 is 15.4 Å². The van der Waals surface area contributed by atoms with E-state index < -0.39 is 18.5 Å². The van der Waals surface area contributed by atoms with Gasteiger partial charge in [0.15, 0.2) is 0 Å². The van der Waals surface area contributed by atoms with Crippen molar-refractivity contribution in [3.05, 3.63) is 29.6 Å². The summed E-state index contributed by atoms with van der Waals surface area (Å²) in [5.41, 5.74) is -0.140. The van der Waals surface area contributed by atoms with Gasteiger partial charge >= 0.3 is 12.6 Å². The van der Waals surface area contributed by atoms with Crippen LogP contribution in [-0.4, -0.2) is 30.4 Å². The molecule has 1 saturated carbocycles. The first kappa shape index (κ1) is 17.4. The summed E-state index contributed by atoms with van der Waals surface area (Å²) in [6.45, 7) is -2.94. The molecule has 0 aromatic heterocycles. The molecule has 0 heterocycles.